The van der Waals surface area contributed by atoms with Gasteiger partial charge in [-0.15, -0.1) is 0 Å². The van der Waals surface area contributed by atoms with Gasteiger partial charge >= 0.3 is 5.97 Å². The van der Waals surface area contributed by atoms with Gasteiger partial charge in [-0.05, 0) is 25.7 Å². The number of hydrogen-bond donors (Lipinski definition) is 2. The lowest BCUT2D eigenvalue weighted by Crippen LogP contribution is -2.13. The van der Waals surface area contributed by atoms with Gasteiger partial charge in [-0.1, -0.05) is 72.6 Å². The number of phenolic OH excluding ortho intramolecular Hbond substituents is 2. The van der Waals surface area contributed by atoms with E-state index >= 15 is 0 Å². The minimum atomic E-state index is -0.750. The molecular weight excluding hydrogens is 424 g/mol. The molecule has 0 aliphatic carbocycles. The van der Waals surface area contributed by atoms with Crippen molar-refractivity contribution in [2.75, 3.05) is 26.4 Å². The lowest BCUT2D eigenvalue weighted by Gasteiger charge is -2.21. The molecule has 33 heavy (non-hydrogen) atoms. The first kappa shape index (κ1) is 28.7. The van der Waals surface area contributed by atoms with Crippen LogP contribution in [0.4, 0.5) is 0 Å². The maximum Gasteiger partial charge on any atom is 0.346 e. The van der Waals surface area contributed by atoms with E-state index in [-0.39, 0.29) is 29.4 Å². The number of phenols is 2. The molecule has 0 aromatic heterocycles. The number of hydrogen-bond acceptors (Lipinski definition) is 7. The van der Waals surface area contributed by atoms with Gasteiger partial charge in [-0.2, -0.15) is 0 Å². The first-order chi connectivity index (χ1) is 16.0. The third-order valence-electron chi connectivity index (χ3n) is 5.10. The second-order valence-corrected chi connectivity index (χ2v) is 8.22. The Morgan fingerprint density at radius 2 is 1.06 bits per heavy atom. The molecule has 0 heterocycles. The number of aromatic hydroxyl groups is 2. The zero-order chi connectivity index (χ0) is 24.5. The van der Waals surface area contributed by atoms with Crippen molar-refractivity contribution in [3.05, 3.63) is 5.56 Å². The Bertz CT molecular complexity index is 688. The fraction of sp³-hybridized carbons (Fsp3) is 0.731. The first-order valence-electron chi connectivity index (χ1n) is 12.7. The maximum atomic E-state index is 12.9. The van der Waals surface area contributed by atoms with Crippen LogP contribution in [0.5, 0.6) is 28.7 Å². The molecule has 0 aliphatic rings. The van der Waals surface area contributed by atoms with Gasteiger partial charge in [0, 0.05) is 0 Å². The summed E-state index contributed by atoms with van der Waals surface area (Å²) < 4.78 is 22.7. The van der Waals surface area contributed by atoms with E-state index in [1.165, 1.54) is 32.1 Å². The Morgan fingerprint density at radius 3 is 1.61 bits per heavy atom. The van der Waals surface area contributed by atoms with Crippen molar-refractivity contribution < 1.29 is 34.0 Å². The average molecular weight is 469 g/mol. The van der Waals surface area contributed by atoms with Crippen LogP contribution in [0, 0.1) is 0 Å². The fourth-order valence-electron chi connectivity index (χ4n) is 3.34. The monoisotopic (exact) mass is 468 g/mol. The summed E-state index contributed by atoms with van der Waals surface area (Å²) in [6, 6.07) is 0. The predicted octanol–water partition coefficient (Wildman–Crippen LogP) is 6.76. The summed E-state index contributed by atoms with van der Waals surface area (Å²) in [7, 11) is 0. The molecule has 1 aromatic rings. The number of esters is 1. The highest BCUT2D eigenvalue weighted by molar-refractivity contribution is 5.99. The topological polar surface area (TPSA) is 94.5 Å². The minimum Gasteiger partial charge on any atom is -0.503 e. The SMILES string of the molecule is CCCCCCCCCCOC(=O)c1c(O)c(O)c(OCCC)c(OCCC)c1OCCC. The van der Waals surface area contributed by atoms with Gasteiger partial charge in [-0.25, -0.2) is 4.79 Å². The molecule has 0 bridgehead atoms. The normalized spacial score (nSPS) is 10.8. The number of rotatable bonds is 19. The minimum absolute atomic E-state index is 0.0199. The van der Waals surface area contributed by atoms with Crippen LogP contribution in [0.15, 0.2) is 0 Å². The molecule has 0 aliphatic heterocycles. The van der Waals surface area contributed by atoms with Gasteiger partial charge in [0.1, 0.15) is 0 Å². The van der Waals surface area contributed by atoms with E-state index in [2.05, 4.69) is 6.92 Å². The Morgan fingerprint density at radius 1 is 0.576 bits per heavy atom. The smallest absolute Gasteiger partial charge is 0.346 e. The van der Waals surface area contributed by atoms with Gasteiger partial charge < -0.3 is 29.2 Å². The van der Waals surface area contributed by atoms with Crippen LogP contribution in [0.1, 0.15) is 109 Å². The summed E-state index contributed by atoms with van der Waals surface area (Å²) in [6.07, 6.45) is 11.1. The summed E-state index contributed by atoms with van der Waals surface area (Å²) in [4.78, 5) is 12.9. The molecule has 190 valence electrons. The molecule has 1 rings (SSSR count). The second-order valence-electron chi connectivity index (χ2n) is 8.22. The van der Waals surface area contributed by atoms with Gasteiger partial charge in [0.2, 0.25) is 17.2 Å². The quantitative estimate of drug-likeness (QED) is 0.131. The van der Waals surface area contributed by atoms with Crippen molar-refractivity contribution in [2.24, 2.45) is 0 Å². The number of benzene rings is 1. The first-order valence-corrected chi connectivity index (χ1v) is 12.7. The summed E-state index contributed by atoms with van der Waals surface area (Å²) in [5.74, 6) is -1.76. The molecular formula is C26H44O7. The van der Waals surface area contributed by atoms with Crippen LogP contribution in [-0.2, 0) is 4.74 Å². The van der Waals surface area contributed by atoms with Gasteiger partial charge in [0.05, 0.1) is 26.4 Å². The van der Waals surface area contributed by atoms with E-state index in [0.29, 0.717) is 39.1 Å². The third kappa shape index (κ3) is 9.60. The summed E-state index contributed by atoms with van der Waals surface area (Å²) in [6.45, 7) is 9.19. The van der Waals surface area contributed by atoms with Crippen molar-refractivity contribution >= 4 is 5.97 Å². The molecule has 1 aromatic carbocycles. The average Bonchev–Trinajstić information content (AvgIpc) is 2.81. The highest BCUT2D eigenvalue weighted by Gasteiger charge is 2.32. The van der Waals surface area contributed by atoms with E-state index in [0.717, 1.165) is 19.3 Å². The van der Waals surface area contributed by atoms with Crippen molar-refractivity contribution in [3.63, 3.8) is 0 Å². The zero-order valence-corrected chi connectivity index (χ0v) is 21.0. The molecule has 7 heteroatoms. The molecule has 0 fully saturated rings. The van der Waals surface area contributed by atoms with Crippen LogP contribution in [0.2, 0.25) is 0 Å². The van der Waals surface area contributed by atoms with E-state index in [1.54, 1.807) is 0 Å². The summed E-state index contributed by atoms with van der Waals surface area (Å²) in [5.41, 5.74) is -0.226. The molecule has 2 N–H and O–H groups in total. The standard InChI is InChI=1S/C26H44O7/c1-5-9-10-11-12-13-14-15-19-33-26(29)20-21(27)22(28)24(31-17-7-3)25(32-18-8-4)23(20)30-16-6-2/h27-28H,5-19H2,1-4H3. The van der Waals surface area contributed by atoms with Crippen molar-refractivity contribution in [3.8, 4) is 28.7 Å². The van der Waals surface area contributed by atoms with E-state index in [4.69, 9.17) is 18.9 Å². The van der Waals surface area contributed by atoms with E-state index in [9.17, 15) is 15.0 Å². The van der Waals surface area contributed by atoms with Crippen LogP contribution in [0.25, 0.3) is 0 Å². The Labute approximate surface area is 199 Å². The fourth-order valence-corrected chi connectivity index (χ4v) is 3.34. The van der Waals surface area contributed by atoms with Crippen molar-refractivity contribution in [1.82, 2.24) is 0 Å². The van der Waals surface area contributed by atoms with Crippen LogP contribution in [0.3, 0.4) is 0 Å². The second kappa shape index (κ2) is 17.2. The highest BCUT2D eigenvalue weighted by Crippen LogP contribution is 2.53. The maximum absolute atomic E-state index is 12.9. The number of ether oxygens (including phenoxy) is 4. The van der Waals surface area contributed by atoms with E-state index < -0.39 is 17.5 Å². The molecule has 0 unspecified atom stereocenters. The largest absolute Gasteiger partial charge is 0.503 e. The van der Waals surface area contributed by atoms with Gasteiger partial charge in [-0.3, -0.25) is 0 Å². The summed E-state index contributed by atoms with van der Waals surface area (Å²) in [5, 5.41) is 21.3. The van der Waals surface area contributed by atoms with Gasteiger partial charge in [0.15, 0.2) is 17.1 Å². The van der Waals surface area contributed by atoms with Crippen LogP contribution in [-0.4, -0.2) is 42.6 Å². The lowest BCUT2D eigenvalue weighted by molar-refractivity contribution is 0.0487. The number of unbranched alkanes of at least 4 members (excludes halogenated alkanes) is 7. The lowest BCUT2D eigenvalue weighted by atomic mass is 10.1. The molecule has 0 saturated carbocycles. The Balaban J connectivity index is 2.97. The van der Waals surface area contributed by atoms with E-state index in [1.807, 2.05) is 20.8 Å². The van der Waals surface area contributed by atoms with Crippen molar-refractivity contribution in [2.45, 2.75) is 98.3 Å². The third-order valence-corrected chi connectivity index (χ3v) is 5.10. The Hall–Kier alpha value is -2.31. The molecule has 0 atom stereocenters. The van der Waals surface area contributed by atoms with Crippen LogP contribution < -0.4 is 14.2 Å². The number of carbonyl (C=O) groups excluding carboxylic acids is 1. The van der Waals surface area contributed by atoms with Crippen LogP contribution >= 0.6 is 0 Å². The van der Waals surface area contributed by atoms with Gasteiger partial charge in [0.25, 0.3) is 0 Å². The summed E-state index contributed by atoms with van der Waals surface area (Å²) >= 11 is 0. The Kier molecular flexibility index (Phi) is 15.0. The molecule has 0 saturated heterocycles. The molecule has 7 nitrogen and oxygen atoms in total. The molecule has 0 spiro atoms. The highest BCUT2D eigenvalue weighted by atomic mass is 16.6. The predicted molar refractivity (Wildman–Crippen MR) is 130 cm³/mol. The zero-order valence-electron chi connectivity index (χ0n) is 21.0. The van der Waals surface area contributed by atoms with Crippen molar-refractivity contribution in [1.29, 1.82) is 0 Å². The number of carbonyl (C=O) groups is 1. The molecule has 0 amide bonds. The molecule has 0 radical (unpaired) electrons.